The first-order valence-electron chi connectivity index (χ1n) is 7.55. The van der Waals surface area contributed by atoms with Gasteiger partial charge in [0, 0.05) is 36.5 Å². The zero-order valence-electron chi connectivity index (χ0n) is 12.7. The number of nitrogens with two attached hydrogens (primary N) is 1. The summed E-state index contributed by atoms with van der Waals surface area (Å²) < 4.78 is 0. The quantitative estimate of drug-likeness (QED) is 0.914. The molecule has 3 rings (SSSR count). The van der Waals surface area contributed by atoms with Crippen LogP contribution in [0.2, 0.25) is 0 Å². The Morgan fingerprint density at radius 2 is 2.18 bits per heavy atom. The van der Waals surface area contributed by atoms with E-state index in [2.05, 4.69) is 16.0 Å². The molecular weight excluding hydrogens is 294 g/mol. The summed E-state index contributed by atoms with van der Waals surface area (Å²) in [5.41, 5.74) is 8.73. The summed E-state index contributed by atoms with van der Waals surface area (Å²) in [6.45, 7) is 4.83. The normalized spacial score (nSPS) is 15.9. The molecule has 2 aromatic rings. The lowest BCUT2D eigenvalue weighted by Gasteiger charge is -2.17. The number of benzene rings is 1. The molecule has 4 nitrogen and oxygen atoms in total. The van der Waals surface area contributed by atoms with E-state index >= 15 is 0 Å². The van der Waals surface area contributed by atoms with Crippen LogP contribution in [-0.2, 0) is 12.8 Å². The summed E-state index contributed by atoms with van der Waals surface area (Å²) in [7, 11) is 0. The Morgan fingerprint density at radius 1 is 1.36 bits per heavy atom. The number of para-hydroxylation sites is 1. The number of thiazole rings is 1. The van der Waals surface area contributed by atoms with Crippen molar-refractivity contribution in [3.63, 3.8) is 0 Å². The molecule has 0 spiro atoms. The van der Waals surface area contributed by atoms with Crippen molar-refractivity contribution in [1.29, 1.82) is 0 Å². The second kappa shape index (κ2) is 6.50. The van der Waals surface area contributed by atoms with E-state index in [1.165, 1.54) is 10.6 Å². The highest BCUT2D eigenvalue weighted by molar-refractivity contribution is 7.15. The molecule has 1 aromatic heterocycles. The van der Waals surface area contributed by atoms with E-state index < -0.39 is 0 Å². The molecule has 0 bridgehead atoms. The zero-order chi connectivity index (χ0) is 15.5. The third-order valence-electron chi connectivity index (χ3n) is 4.04. The van der Waals surface area contributed by atoms with Crippen LogP contribution in [-0.4, -0.2) is 34.6 Å². The lowest BCUT2D eigenvalue weighted by molar-refractivity contribution is 0.318. The Kier molecular flexibility index (Phi) is 4.45. The van der Waals surface area contributed by atoms with Gasteiger partial charge in [-0.3, -0.25) is 4.90 Å². The topological polar surface area (TPSA) is 62.4 Å². The lowest BCUT2D eigenvalue weighted by atomic mass is 10.1. The molecule has 0 atom stereocenters. The molecule has 3 N–H and O–H groups in total. The third-order valence-corrected chi connectivity index (χ3v) is 5.03. The van der Waals surface area contributed by atoms with Crippen LogP contribution in [0.4, 0.5) is 5.13 Å². The number of anilines is 1. The molecule has 1 aliphatic heterocycles. The summed E-state index contributed by atoms with van der Waals surface area (Å²) in [5, 5.41) is 10.7. The van der Waals surface area contributed by atoms with Crippen molar-refractivity contribution in [2.45, 2.75) is 19.8 Å². The van der Waals surface area contributed by atoms with Crippen LogP contribution >= 0.6 is 11.3 Å². The molecule has 116 valence electrons. The largest absolute Gasteiger partial charge is 0.507 e. The average molecular weight is 315 g/mol. The van der Waals surface area contributed by atoms with Crippen molar-refractivity contribution >= 4 is 22.5 Å². The monoisotopic (exact) mass is 315 g/mol. The SMILES string of the molecule is Cc1cccc(/C=C/CN2CCc3nc(N)sc3CC2)c1O. The number of hydrogen-bond donors (Lipinski definition) is 2. The predicted molar refractivity (Wildman–Crippen MR) is 92.3 cm³/mol. The number of nitrogens with zero attached hydrogens (tertiary/aromatic N) is 2. The van der Waals surface area contributed by atoms with Crippen LogP contribution in [0.1, 0.15) is 21.7 Å². The number of aromatic hydroxyl groups is 1. The summed E-state index contributed by atoms with van der Waals surface area (Å²) in [5.74, 6) is 0.372. The number of nitrogen functional groups attached to an aromatic ring is 1. The van der Waals surface area contributed by atoms with Crippen LogP contribution < -0.4 is 5.73 Å². The van der Waals surface area contributed by atoms with E-state index in [9.17, 15) is 5.11 Å². The first-order chi connectivity index (χ1) is 10.6. The molecule has 0 saturated carbocycles. The number of phenols is 1. The van der Waals surface area contributed by atoms with Crippen LogP contribution in [0, 0.1) is 6.92 Å². The van der Waals surface area contributed by atoms with Crippen molar-refractivity contribution in [3.8, 4) is 5.75 Å². The van der Waals surface area contributed by atoms with Gasteiger partial charge in [0.15, 0.2) is 5.13 Å². The number of aryl methyl sites for hydroxylation is 1. The van der Waals surface area contributed by atoms with Gasteiger partial charge >= 0.3 is 0 Å². The maximum Gasteiger partial charge on any atom is 0.180 e. The van der Waals surface area contributed by atoms with Crippen LogP contribution in [0.15, 0.2) is 24.3 Å². The Labute approximate surface area is 134 Å². The minimum Gasteiger partial charge on any atom is -0.507 e. The molecule has 0 amide bonds. The second-order valence-electron chi connectivity index (χ2n) is 5.64. The smallest absolute Gasteiger partial charge is 0.180 e. The molecule has 1 aliphatic rings. The van der Waals surface area contributed by atoms with Crippen molar-refractivity contribution in [3.05, 3.63) is 46.0 Å². The van der Waals surface area contributed by atoms with Gasteiger partial charge in [0.1, 0.15) is 5.75 Å². The Balaban J connectivity index is 1.59. The van der Waals surface area contributed by atoms with Gasteiger partial charge in [-0.15, -0.1) is 11.3 Å². The fraction of sp³-hybridized carbons (Fsp3) is 0.353. The number of rotatable bonds is 3. The van der Waals surface area contributed by atoms with E-state index in [1.807, 2.05) is 31.2 Å². The molecule has 0 saturated heterocycles. The van der Waals surface area contributed by atoms with E-state index in [0.717, 1.165) is 43.6 Å². The van der Waals surface area contributed by atoms with Crippen molar-refractivity contribution in [2.75, 3.05) is 25.4 Å². The highest BCUT2D eigenvalue weighted by Gasteiger charge is 2.16. The molecule has 0 radical (unpaired) electrons. The predicted octanol–water partition coefficient (Wildman–Crippen LogP) is 2.85. The van der Waals surface area contributed by atoms with E-state index in [0.29, 0.717) is 10.9 Å². The molecule has 5 heteroatoms. The summed E-state index contributed by atoms with van der Waals surface area (Å²) in [6.07, 6.45) is 6.11. The summed E-state index contributed by atoms with van der Waals surface area (Å²) in [4.78, 5) is 8.16. The van der Waals surface area contributed by atoms with Gasteiger partial charge in [-0.25, -0.2) is 4.98 Å². The van der Waals surface area contributed by atoms with Crippen molar-refractivity contribution in [1.82, 2.24) is 9.88 Å². The van der Waals surface area contributed by atoms with E-state index in [4.69, 9.17) is 5.73 Å². The van der Waals surface area contributed by atoms with Gasteiger partial charge in [0.05, 0.1) is 5.69 Å². The summed E-state index contributed by atoms with van der Waals surface area (Å²) >= 11 is 1.62. The fourth-order valence-corrected chi connectivity index (χ4v) is 3.62. The molecule has 0 fully saturated rings. The molecule has 0 aliphatic carbocycles. The third kappa shape index (κ3) is 3.31. The minimum absolute atomic E-state index is 0.372. The van der Waals surface area contributed by atoms with Crippen molar-refractivity contribution in [2.24, 2.45) is 0 Å². The van der Waals surface area contributed by atoms with Crippen LogP contribution in [0.5, 0.6) is 5.75 Å². The Morgan fingerprint density at radius 3 is 3.05 bits per heavy atom. The Bertz CT molecular complexity index is 668. The number of aromatic nitrogens is 1. The lowest BCUT2D eigenvalue weighted by Crippen LogP contribution is -2.26. The van der Waals surface area contributed by atoms with Gasteiger partial charge < -0.3 is 10.8 Å². The Hall–Kier alpha value is -1.85. The molecule has 22 heavy (non-hydrogen) atoms. The average Bonchev–Trinajstić information content (AvgIpc) is 2.75. The molecule has 2 heterocycles. The molecular formula is C17H21N3OS. The second-order valence-corrected chi connectivity index (χ2v) is 6.75. The number of phenolic OH excluding ortho intramolecular Hbond substituents is 1. The molecule has 0 unspecified atom stereocenters. The first kappa shape index (κ1) is 15.1. The highest BCUT2D eigenvalue weighted by atomic mass is 32.1. The standard InChI is InChI=1S/C17H21N3OS/c1-12-4-2-5-13(16(12)21)6-3-9-20-10-7-14-15(8-11-20)22-17(18)19-14/h2-6,21H,7-11H2,1H3,(H2,18,19)/b6-3+. The summed E-state index contributed by atoms with van der Waals surface area (Å²) in [6, 6.07) is 5.82. The van der Waals surface area contributed by atoms with Gasteiger partial charge in [0.2, 0.25) is 0 Å². The highest BCUT2D eigenvalue weighted by Crippen LogP contribution is 2.25. The van der Waals surface area contributed by atoms with E-state index in [-0.39, 0.29) is 0 Å². The van der Waals surface area contributed by atoms with Crippen molar-refractivity contribution < 1.29 is 5.11 Å². The van der Waals surface area contributed by atoms with E-state index in [1.54, 1.807) is 11.3 Å². The number of fused-ring (bicyclic) bond motifs is 1. The maximum absolute atomic E-state index is 10.0. The van der Waals surface area contributed by atoms with Gasteiger partial charge in [0.25, 0.3) is 0 Å². The maximum atomic E-state index is 10.0. The fourth-order valence-electron chi connectivity index (χ4n) is 2.76. The zero-order valence-corrected chi connectivity index (χ0v) is 13.6. The molecule has 1 aromatic carbocycles. The van der Waals surface area contributed by atoms with Crippen LogP contribution in [0.25, 0.3) is 6.08 Å². The minimum atomic E-state index is 0.372. The number of hydrogen-bond acceptors (Lipinski definition) is 5. The first-order valence-corrected chi connectivity index (χ1v) is 8.36. The van der Waals surface area contributed by atoms with Gasteiger partial charge in [-0.05, 0) is 18.9 Å². The van der Waals surface area contributed by atoms with Gasteiger partial charge in [-0.1, -0.05) is 30.4 Å². The van der Waals surface area contributed by atoms with Crippen LogP contribution in [0.3, 0.4) is 0 Å². The van der Waals surface area contributed by atoms with Gasteiger partial charge in [-0.2, -0.15) is 0 Å².